The maximum absolute atomic E-state index is 14.2. The predicted octanol–water partition coefficient (Wildman–Crippen LogP) is 4.16. The summed E-state index contributed by atoms with van der Waals surface area (Å²) in [5.74, 6) is -0.991. The van der Waals surface area contributed by atoms with Gasteiger partial charge in [0, 0.05) is 11.1 Å². The van der Waals surface area contributed by atoms with Crippen LogP contribution in [0.3, 0.4) is 0 Å². The molecular weight excluding hydrogens is 284 g/mol. The van der Waals surface area contributed by atoms with Gasteiger partial charge in [-0.25, -0.2) is 8.78 Å². The molecule has 3 rings (SSSR count). The van der Waals surface area contributed by atoms with Gasteiger partial charge in [0.1, 0.15) is 11.6 Å². The highest BCUT2D eigenvalue weighted by Crippen LogP contribution is 2.40. The molecule has 2 nitrogen and oxygen atoms in total. The number of carbonyl (C=O) groups is 1. The first kappa shape index (κ1) is 14.7. The molecule has 22 heavy (non-hydrogen) atoms. The van der Waals surface area contributed by atoms with Gasteiger partial charge in [-0.05, 0) is 43.2 Å². The first-order chi connectivity index (χ1) is 10.6. The summed E-state index contributed by atoms with van der Waals surface area (Å²) < 4.78 is 27.2. The van der Waals surface area contributed by atoms with Gasteiger partial charge in [-0.2, -0.15) is 0 Å². The SMILES string of the molecule is O=C(NC1(c2ccccc2F)CCCC1)c1ccc(F)cc1. The van der Waals surface area contributed by atoms with Crippen molar-refractivity contribution in [2.24, 2.45) is 0 Å². The second-order valence-corrected chi connectivity index (χ2v) is 5.73. The second-order valence-electron chi connectivity index (χ2n) is 5.73. The zero-order chi connectivity index (χ0) is 15.6. The third kappa shape index (κ3) is 2.73. The highest BCUT2D eigenvalue weighted by Gasteiger charge is 2.39. The average molecular weight is 301 g/mol. The molecule has 0 unspecified atom stereocenters. The fourth-order valence-corrected chi connectivity index (χ4v) is 3.18. The van der Waals surface area contributed by atoms with Crippen molar-refractivity contribution in [3.63, 3.8) is 0 Å². The molecule has 114 valence electrons. The maximum atomic E-state index is 14.2. The molecule has 0 aromatic heterocycles. The molecule has 1 amide bonds. The Morgan fingerprint density at radius 3 is 2.23 bits per heavy atom. The number of carbonyl (C=O) groups excluding carboxylic acids is 1. The van der Waals surface area contributed by atoms with Gasteiger partial charge in [-0.1, -0.05) is 31.0 Å². The number of halogens is 2. The van der Waals surface area contributed by atoms with Gasteiger partial charge in [0.05, 0.1) is 5.54 Å². The van der Waals surface area contributed by atoms with E-state index in [0.717, 1.165) is 12.8 Å². The summed E-state index contributed by atoms with van der Waals surface area (Å²) >= 11 is 0. The van der Waals surface area contributed by atoms with Gasteiger partial charge in [0.25, 0.3) is 5.91 Å². The average Bonchev–Trinajstić information content (AvgIpc) is 2.97. The summed E-state index contributed by atoms with van der Waals surface area (Å²) in [6.07, 6.45) is 3.30. The van der Waals surface area contributed by atoms with Crippen LogP contribution >= 0.6 is 0 Å². The summed E-state index contributed by atoms with van der Waals surface area (Å²) in [7, 11) is 0. The number of hydrogen-bond donors (Lipinski definition) is 1. The van der Waals surface area contributed by atoms with Crippen molar-refractivity contribution in [3.8, 4) is 0 Å². The highest BCUT2D eigenvalue weighted by molar-refractivity contribution is 5.94. The van der Waals surface area contributed by atoms with E-state index in [1.165, 1.54) is 30.3 Å². The third-order valence-corrected chi connectivity index (χ3v) is 4.31. The number of amides is 1. The van der Waals surface area contributed by atoms with Crippen molar-refractivity contribution in [3.05, 3.63) is 71.3 Å². The molecule has 0 spiro atoms. The number of nitrogens with one attached hydrogen (secondary N) is 1. The fraction of sp³-hybridized carbons (Fsp3) is 0.278. The van der Waals surface area contributed by atoms with Crippen molar-refractivity contribution >= 4 is 5.91 Å². The molecule has 0 bridgehead atoms. The van der Waals surface area contributed by atoms with Crippen LogP contribution in [0.2, 0.25) is 0 Å². The largest absolute Gasteiger partial charge is 0.342 e. The monoisotopic (exact) mass is 301 g/mol. The summed E-state index contributed by atoms with van der Waals surface area (Å²) in [4.78, 5) is 12.4. The Balaban J connectivity index is 1.91. The van der Waals surface area contributed by atoms with Crippen LogP contribution in [0.25, 0.3) is 0 Å². The Morgan fingerprint density at radius 1 is 0.955 bits per heavy atom. The molecule has 0 radical (unpaired) electrons. The Hall–Kier alpha value is -2.23. The summed E-state index contributed by atoms with van der Waals surface area (Å²) in [6, 6.07) is 11.9. The van der Waals surface area contributed by atoms with Crippen molar-refractivity contribution in [1.82, 2.24) is 5.32 Å². The summed E-state index contributed by atoms with van der Waals surface area (Å²) in [5.41, 5.74) is 0.239. The molecule has 0 saturated heterocycles. The Kier molecular flexibility index (Phi) is 3.92. The molecule has 4 heteroatoms. The quantitative estimate of drug-likeness (QED) is 0.906. The van der Waals surface area contributed by atoms with Crippen LogP contribution in [-0.4, -0.2) is 5.91 Å². The van der Waals surface area contributed by atoms with Crippen LogP contribution in [0, 0.1) is 11.6 Å². The molecule has 0 aliphatic heterocycles. The molecular formula is C18H17F2NO. The lowest BCUT2D eigenvalue weighted by Gasteiger charge is -2.31. The Labute approximate surface area is 128 Å². The van der Waals surface area contributed by atoms with Crippen LogP contribution < -0.4 is 5.32 Å². The van der Waals surface area contributed by atoms with E-state index in [4.69, 9.17) is 0 Å². The number of rotatable bonds is 3. The molecule has 0 atom stereocenters. The van der Waals surface area contributed by atoms with E-state index in [0.29, 0.717) is 24.0 Å². The lowest BCUT2D eigenvalue weighted by atomic mass is 9.87. The predicted molar refractivity (Wildman–Crippen MR) is 80.4 cm³/mol. The van der Waals surface area contributed by atoms with Gasteiger partial charge in [0.2, 0.25) is 0 Å². The maximum Gasteiger partial charge on any atom is 0.251 e. The van der Waals surface area contributed by atoms with Crippen molar-refractivity contribution < 1.29 is 13.6 Å². The fourth-order valence-electron chi connectivity index (χ4n) is 3.18. The molecule has 1 aliphatic rings. The molecule has 1 saturated carbocycles. The molecule has 2 aromatic rings. The smallest absolute Gasteiger partial charge is 0.251 e. The van der Waals surface area contributed by atoms with Crippen LogP contribution in [-0.2, 0) is 5.54 Å². The van der Waals surface area contributed by atoms with Crippen LogP contribution in [0.1, 0.15) is 41.6 Å². The Morgan fingerprint density at radius 2 is 1.59 bits per heavy atom. The van der Waals surface area contributed by atoms with Crippen molar-refractivity contribution in [2.75, 3.05) is 0 Å². The van der Waals surface area contributed by atoms with E-state index < -0.39 is 5.54 Å². The standard InChI is InChI=1S/C18H17F2NO/c19-14-9-7-13(8-10-14)17(22)21-18(11-3-4-12-18)15-5-1-2-6-16(15)20/h1-2,5-10H,3-4,11-12H2,(H,21,22). The summed E-state index contributed by atoms with van der Waals surface area (Å²) in [5, 5.41) is 2.98. The van der Waals surface area contributed by atoms with Crippen LogP contribution in [0.4, 0.5) is 8.78 Å². The first-order valence-electron chi connectivity index (χ1n) is 7.44. The molecule has 1 N–H and O–H groups in total. The van der Waals surface area contributed by atoms with Crippen molar-refractivity contribution in [2.45, 2.75) is 31.2 Å². The second kappa shape index (κ2) is 5.87. The zero-order valence-corrected chi connectivity index (χ0v) is 12.1. The number of benzene rings is 2. The van der Waals surface area contributed by atoms with E-state index >= 15 is 0 Å². The van der Waals surface area contributed by atoms with Crippen molar-refractivity contribution in [1.29, 1.82) is 0 Å². The zero-order valence-electron chi connectivity index (χ0n) is 12.1. The van der Waals surface area contributed by atoms with Gasteiger partial charge in [0.15, 0.2) is 0 Å². The van der Waals surface area contributed by atoms with E-state index in [-0.39, 0.29) is 17.5 Å². The molecule has 1 fully saturated rings. The van der Waals surface area contributed by atoms with Gasteiger partial charge < -0.3 is 5.32 Å². The molecule has 0 heterocycles. The van der Waals surface area contributed by atoms with E-state index in [1.807, 2.05) is 0 Å². The first-order valence-corrected chi connectivity index (χ1v) is 7.44. The Bertz CT molecular complexity index is 676. The topological polar surface area (TPSA) is 29.1 Å². The molecule has 1 aliphatic carbocycles. The minimum Gasteiger partial charge on any atom is -0.342 e. The van der Waals surface area contributed by atoms with Crippen LogP contribution in [0.5, 0.6) is 0 Å². The van der Waals surface area contributed by atoms with E-state index in [2.05, 4.69) is 5.32 Å². The van der Waals surface area contributed by atoms with E-state index in [9.17, 15) is 13.6 Å². The summed E-state index contributed by atoms with van der Waals surface area (Å²) in [6.45, 7) is 0. The van der Waals surface area contributed by atoms with Gasteiger partial charge in [-0.3, -0.25) is 4.79 Å². The minimum absolute atomic E-state index is 0.301. The van der Waals surface area contributed by atoms with Gasteiger partial charge >= 0.3 is 0 Å². The third-order valence-electron chi connectivity index (χ3n) is 4.31. The lowest BCUT2D eigenvalue weighted by molar-refractivity contribution is 0.0896. The lowest BCUT2D eigenvalue weighted by Crippen LogP contribution is -2.44. The normalized spacial score (nSPS) is 16.5. The van der Waals surface area contributed by atoms with Gasteiger partial charge in [-0.15, -0.1) is 0 Å². The molecule has 2 aromatic carbocycles. The minimum atomic E-state index is -0.670. The van der Waals surface area contributed by atoms with Crippen LogP contribution in [0.15, 0.2) is 48.5 Å². The highest BCUT2D eigenvalue weighted by atomic mass is 19.1. The van der Waals surface area contributed by atoms with E-state index in [1.54, 1.807) is 18.2 Å². The number of hydrogen-bond acceptors (Lipinski definition) is 1.